The first-order valence-corrected chi connectivity index (χ1v) is 9.59. The number of furan rings is 1. The summed E-state index contributed by atoms with van der Waals surface area (Å²) in [6.45, 7) is 6.48. The van der Waals surface area contributed by atoms with Gasteiger partial charge < -0.3 is 24.3 Å². The van der Waals surface area contributed by atoms with Crippen LogP contribution in [0.1, 0.15) is 43.7 Å². The van der Waals surface area contributed by atoms with Gasteiger partial charge in [-0.15, -0.1) is 0 Å². The number of amides is 2. The fourth-order valence-electron chi connectivity index (χ4n) is 4.01. The first kappa shape index (κ1) is 19.7. The van der Waals surface area contributed by atoms with Crippen LogP contribution in [-0.4, -0.2) is 49.5 Å². The summed E-state index contributed by atoms with van der Waals surface area (Å²) in [4.78, 5) is 25.6. The molecule has 2 N–H and O–H groups in total. The van der Waals surface area contributed by atoms with Gasteiger partial charge in [0.2, 0.25) is 5.76 Å². The number of likely N-dealkylation sites (tertiary alicyclic amines) is 1. The summed E-state index contributed by atoms with van der Waals surface area (Å²) in [7, 11) is 0. The molecule has 10 nitrogen and oxygen atoms in total. The Morgan fingerprint density at radius 3 is 2.77 bits per heavy atom. The van der Waals surface area contributed by atoms with Crippen LogP contribution in [0, 0.1) is 5.41 Å². The Labute approximate surface area is 172 Å². The summed E-state index contributed by atoms with van der Waals surface area (Å²) in [5.74, 6) is 0.391. The monoisotopic (exact) mass is 413 g/mol. The smallest absolute Gasteiger partial charge is 0.407 e. The molecule has 2 unspecified atom stereocenters. The minimum Gasteiger partial charge on any atom is -0.465 e. The summed E-state index contributed by atoms with van der Waals surface area (Å²) in [6, 6.07) is 4.57. The lowest BCUT2D eigenvalue weighted by molar-refractivity contribution is 0.0906. The molecule has 4 rings (SSSR count). The highest BCUT2D eigenvalue weighted by atomic mass is 16.5. The second kappa shape index (κ2) is 7.36. The van der Waals surface area contributed by atoms with E-state index in [4.69, 9.17) is 8.94 Å². The van der Waals surface area contributed by atoms with Gasteiger partial charge in [0.15, 0.2) is 11.5 Å². The number of nitrogens with zero attached hydrogens (tertiary/aromatic N) is 4. The number of anilines is 1. The second-order valence-electron chi connectivity index (χ2n) is 8.36. The second-order valence-corrected chi connectivity index (χ2v) is 8.36. The number of hydrogen-bond acceptors (Lipinski definition) is 6. The molecule has 2 atom stereocenters. The topological polar surface area (TPSA) is 127 Å². The first-order chi connectivity index (χ1) is 14.2. The quantitative estimate of drug-likeness (QED) is 0.667. The van der Waals surface area contributed by atoms with Gasteiger partial charge in [0.25, 0.3) is 5.91 Å². The molecule has 0 aromatic carbocycles. The molecule has 0 aliphatic carbocycles. The molecule has 1 saturated heterocycles. The van der Waals surface area contributed by atoms with Gasteiger partial charge in [0, 0.05) is 18.8 Å². The van der Waals surface area contributed by atoms with Gasteiger partial charge in [0.1, 0.15) is 0 Å². The third-order valence-electron chi connectivity index (χ3n) is 5.21. The molecule has 0 saturated carbocycles. The van der Waals surface area contributed by atoms with Crippen molar-refractivity contribution in [1.82, 2.24) is 19.8 Å². The number of rotatable bonds is 4. The van der Waals surface area contributed by atoms with Crippen LogP contribution in [0.15, 0.2) is 45.8 Å². The molecule has 10 heteroatoms. The predicted octanol–water partition coefficient (Wildman–Crippen LogP) is 3.72. The van der Waals surface area contributed by atoms with E-state index < -0.39 is 12.0 Å². The van der Waals surface area contributed by atoms with Crippen LogP contribution in [-0.2, 0) is 0 Å². The van der Waals surface area contributed by atoms with Crippen LogP contribution in [0.3, 0.4) is 0 Å². The van der Waals surface area contributed by atoms with Crippen molar-refractivity contribution in [3.63, 3.8) is 0 Å². The first-order valence-electron chi connectivity index (χ1n) is 9.59. The number of carboxylic acid groups (broad SMARTS) is 1. The summed E-state index contributed by atoms with van der Waals surface area (Å²) in [5, 5.41) is 20.4. The van der Waals surface area contributed by atoms with Crippen molar-refractivity contribution in [2.75, 3.05) is 11.9 Å². The zero-order chi connectivity index (χ0) is 21.5. The van der Waals surface area contributed by atoms with E-state index in [0.29, 0.717) is 30.2 Å². The van der Waals surface area contributed by atoms with E-state index in [0.717, 1.165) is 0 Å². The lowest BCUT2D eigenvalue weighted by Crippen LogP contribution is -2.46. The van der Waals surface area contributed by atoms with Gasteiger partial charge in [-0.25, -0.2) is 4.79 Å². The number of aromatic nitrogens is 3. The maximum absolute atomic E-state index is 12.5. The molecule has 3 aromatic heterocycles. The predicted molar refractivity (Wildman–Crippen MR) is 106 cm³/mol. The molecule has 2 amide bonds. The van der Waals surface area contributed by atoms with Gasteiger partial charge in [-0.05, 0) is 24.0 Å². The van der Waals surface area contributed by atoms with Crippen molar-refractivity contribution in [3.8, 4) is 11.5 Å². The van der Waals surface area contributed by atoms with Crippen LogP contribution < -0.4 is 5.32 Å². The average Bonchev–Trinajstić information content (AvgIpc) is 3.45. The fourth-order valence-corrected chi connectivity index (χ4v) is 4.01. The Hall–Kier alpha value is -3.56. The third kappa shape index (κ3) is 3.68. The van der Waals surface area contributed by atoms with Crippen LogP contribution in [0.5, 0.6) is 0 Å². The van der Waals surface area contributed by atoms with E-state index in [1.165, 1.54) is 23.4 Å². The van der Waals surface area contributed by atoms with Crippen molar-refractivity contribution < 1.29 is 23.6 Å². The Balaban J connectivity index is 1.49. The van der Waals surface area contributed by atoms with Crippen LogP contribution in [0.4, 0.5) is 10.5 Å². The molecule has 3 aromatic rings. The molecule has 0 spiro atoms. The lowest BCUT2D eigenvalue weighted by atomic mass is 9.83. The van der Waals surface area contributed by atoms with E-state index in [1.807, 2.05) is 20.8 Å². The summed E-state index contributed by atoms with van der Waals surface area (Å²) >= 11 is 0. The number of nitrogens with one attached hydrogen (secondary N) is 1. The number of hydrogen-bond donors (Lipinski definition) is 2. The van der Waals surface area contributed by atoms with Crippen LogP contribution in [0.2, 0.25) is 0 Å². The van der Waals surface area contributed by atoms with Crippen molar-refractivity contribution in [3.05, 3.63) is 42.5 Å². The largest absolute Gasteiger partial charge is 0.465 e. The maximum atomic E-state index is 12.5. The highest BCUT2D eigenvalue weighted by molar-refractivity contribution is 6.03. The van der Waals surface area contributed by atoms with Crippen LogP contribution in [0.25, 0.3) is 11.5 Å². The molecular weight excluding hydrogens is 390 g/mol. The average molecular weight is 413 g/mol. The molecule has 1 aliphatic heterocycles. The van der Waals surface area contributed by atoms with Gasteiger partial charge in [-0.3, -0.25) is 9.48 Å². The zero-order valence-electron chi connectivity index (χ0n) is 16.9. The number of carbonyl (C=O) groups excluding carboxylic acids is 1. The molecule has 0 radical (unpaired) electrons. The van der Waals surface area contributed by atoms with Crippen molar-refractivity contribution >= 4 is 17.7 Å². The van der Waals surface area contributed by atoms with Crippen molar-refractivity contribution in [2.24, 2.45) is 5.41 Å². The molecule has 0 bridgehead atoms. The van der Waals surface area contributed by atoms with E-state index in [1.54, 1.807) is 23.0 Å². The van der Waals surface area contributed by atoms with Gasteiger partial charge in [-0.2, -0.15) is 5.10 Å². The van der Waals surface area contributed by atoms with Crippen LogP contribution >= 0.6 is 0 Å². The Morgan fingerprint density at radius 1 is 1.30 bits per heavy atom. The SMILES string of the molecule is CC(C)(C)C1C(n2cc(NC(=O)c3cc(-c4ccco4)on3)cn2)CCN1C(=O)O. The normalized spacial score (nSPS) is 19.2. The molecule has 1 aliphatic rings. The fraction of sp³-hybridized carbons (Fsp3) is 0.400. The zero-order valence-corrected chi connectivity index (χ0v) is 16.9. The molecular formula is C20H23N5O5. The van der Waals surface area contributed by atoms with E-state index in [9.17, 15) is 14.7 Å². The minimum atomic E-state index is -0.934. The van der Waals surface area contributed by atoms with Gasteiger partial charge in [0.05, 0.1) is 30.2 Å². The van der Waals surface area contributed by atoms with Gasteiger partial charge in [-0.1, -0.05) is 25.9 Å². The lowest BCUT2D eigenvalue weighted by Gasteiger charge is -2.36. The van der Waals surface area contributed by atoms with E-state index >= 15 is 0 Å². The van der Waals surface area contributed by atoms with Crippen molar-refractivity contribution in [2.45, 2.75) is 39.3 Å². The minimum absolute atomic E-state index is 0.111. The summed E-state index contributed by atoms with van der Waals surface area (Å²) in [5.41, 5.74) is 0.335. The highest BCUT2D eigenvalue weighted by Crippen LogP contribution is 2.39. The molecule has 4 heterocycles. The molecule has 158 valence electrons. The summed E-state index contributed by atoms with van der Waals surface area (Å²) in [6.07, 6.45) is 4.47. The third-order valence-corrected chi connectivity index (χ3v) is 5.21. The van der Waals surface area contributed by atoms with Crippen molar-refractivity contribution in [1.29, 1.82) is 0 Å². The number of carbonyl (C=O) groups is 2. The highest BCUT2D eigenvalue weighted by Gasteiger charge is 2.45. The van der Waals surface area contributed by atoms with E-state index in [2.05, 4.69) is 15.6 Å². The standard InChI is InChI=1S/C20H23N5O5/c1-20(2,3)17-14(6-7-24(17)19(27)28)25-11-12(10-21-25)22-18(26)13-9-16(30-23-13)15-5-4-8-29-15/h4-5,8-11,14,17H,6-7H2,1-3H3,(H,22,26)(H,27,28). The molecule has 1 fully saturated rings. The Bertz CT molecular complexity index is 1050. The molecule has 30 heavy (non-hydrogen) atoms. The Kier molecular flexibility index (Phi) is 4.84. The van der Waals surface area contributed by atoms with E-state index in [-0.39, 0.29) is 23.2 Å². The van der Waals surface area contributed by atoms with Gasteiger partial charge >= 0.3 is 6.09 Å². The Morgan fingerprint density at radius 2 is 2.10 bits per heavy atom. The maximum Gasteiger partial charge on any atom is 0.407 e. The summed E-state index contributed by atoms with van der Waals surface area (Å²) < 4.78 is 12.1.